The van der Waals surface area contributed by atoms with Gasteiger partial charge in [0.25, 0.3) is 0 Å². The third-order valence-corrected chi connectivity index (χ3v) is 3.87. The predicted octanol–water partition coefficient (Wildman–Crippen LogP) is 2.69. The van der Waals surface area contributed by atoms with Crippen molar-refractivity contribution in [2.75, 3.05) is 5.73 Å². The smallest absolute Gasteiger partial charge is 0.169 e. The molecule has 4 nitrogen and oxygen atoms in total. The summed E-state index contributed by atoms with van der Waals surface area (Å²) in [5, 5.41) is 7.95. The molecule has 1 heterocycles. The molecule has 6 heteroatoms. The minimum Gasteiger partial charge on any atom is -0.381 e. The van der Waals surface area contributed by atoms with Crippen LogP contribution in [0.5, 0.6) is 0 Å². The first-order valence-corrected chi connectivity index (χ1v) is 6.57. The van der Waals surface area contributed by atoms with Gasteiger partial charge in [-0.1, -0.05) is 21.1 Å². The summed E-state index contributed by atoms with van der Waals surface area (Å²) in [6, 6.07) is 4.62. The highest BCUT2D eigenvalue weighted by molar-refractivity contribution is 9.10. The van der Waals surface area contributed by atoms with Crippen molar-refractivity contribution in [2.24, 2.45) is 0 Å². The van der Waals surface area contributed by atoms with Gasteiger partial charge < -0.3 is 5.73 Å². The van der Waals surface area contributed by atoms with Crippen LogP contribution in [0.2, 0.25) is 0 Å². The van der Waals surface area contributed by atoms with Crippen LogP contribution in [0.4, 0.5) is 10.2 Å². The number of hydrogen-bond acceptors (Lipinski definition) is 3. The maximum Gasteiger partial charge on any atom is 0.169 e. The molecule has 1 aliphatic rings. The first kappa shape index (κ1) is 11.6. The van der Waals surface area contributed by atoms with E-state index >= 15 is 0 Å². The van der Waals surface area contributed by atoms with Crippen molar-refractivity contribution in [1.82, 2.24) is 15.0 Å². The van der Waals surface area contributed by atoms with E-state index < -0.39 is 0 Å². The Labute approximate surface area is 112 Å². The Balaban J connectivity index is 1.94. The molecule has 94 valence electrons. The molecule has 0 aliphatic heterocycles. The summed E-state index contributed by atoms with van der Waals surface area (Å²) in [4.78, 5) is 0. The van der Waals surface area contributed by atoms with Crippen molar-refractivity contribution in [1.29, 1.82) is 0 Å². The van der Waals surface area contributed by atoms with Crippen molar-refractivity contribution < 1.29 is 4.39 Å². The topological polar surface area (TPSA) is 56.7 Å². The van der Waals surface area contributed by atoms with E-state index in [0.29, 0.717) is 18.3 Å². The van der Waals surface area contributed by atoms with Gasteiger partial charge in [-0.15, -0.1) is 5.10 Å². The molecular weight excluding hydrogens is 299 g/mol. The first-order chi connectivity index (χ1) is 8.65. The molecule has 1 aliphatic carbocycles. The molecule has 1 aromatic heterocycles. The second-order valence-corrected chi connectivity index (χ2v) is 5.38. The third kappa shape index (κ3) is 2.12. The monoisotopic (exact) mass is 310 g/mol. The van der Waals surface area contributed by atoms with Gasteiger partial charge in [0, 0.05) is 10.4 Å². The van der Waals surface area contributed by atoms with Crippen LogP contribution in [0.1, 0.15) is 30.0 Å². The van der Waals surface area contributed by atoms with Crippen LogP contribution < -0.4 is 5.73 Å². The Hall–Kier alpha value is -1.43. The van der Waals surface area contributed by atoms with Gasteiger partial charge in [-0.25, -0.2) is 9.07 Å². The van der Waals surface area contributed by atoms with Crippen molar-refractivity contribution in [3.05, 3.63) is 39.7 Å². The second kappa shape index (κ2) is 4.35. The molecule has 1 fully saturated rings. The summed E-state index contributed by atoms with van der Waals surface area (Å²) < 4.78 is 15.9. The minimum absolute atomic E-state index is 0.255. The van der Waals surface area contributed by atoms with Gasteiger partial charge in [0.2, 0.25) is 0 Å². The number of hydrogen-bond donors (Lipinski definition) is 1. The van der Waals surface area contributed by atoms with Gasteiger partial charge >= 0.3 is 0 Å². The van der Waals surface area contributed by atoms with Crippen LogP contribution in [-0.4, -0.2) is 15.0 Å². The second-order valence-electron chi connectivity index (χ2n) is 4.53. The molecule has 1 saturated carbocycles. The summed E-state index contributed by atoms with van der Waals surface area (Å²) in [5.41, 5.74) is 7.64. The Morgan fingerprint density at radius 3 is 2.94 bits per heavy atom. The van der Waals surface area contributed by atoms with Gasteiger partial charge in [0.1, 0.15) is 5.82 Å². The molecule has 2 aromatic rings. The lowest BCUT2D eigenvalue weighted by Crippen LogP contribution is -2.07. The van der Waals surface area contributed by atoms with Crippen molar-refractivity contribution in [3.63, 3.8) is 0 Å². The molecule has 0 atom stereocenters. The van der Waals surface area contributed by atoms with Crippen molar-refractivity contribution in [3.8, 4) is 0 Å². The van der Waals surface area contributed by atoms with E-state index in [1.54, 1.807) is 10.7 Å². The zero-order chi connectivity index (χ0) is 12.7. The number of nitrogen functional groups attached to an aromatic ring is 1. The minimum atomic E-state index is -0.255. The van der Waals surface area contributed by atoms with Crippen molar-refractivity contribution in [2.45, 2.75) is 25.3 Å². The fourth-order valence-electron chi connectivity index (χ4n) is 2.05. The maximum atomic E-state index is 13.2. The Bertz CT molecular complexity index is 592. The number of aromatic nitrogens is 3. The molecule has 0 saturated heterocycles. The van der Waals surface area contributed by atoms with Gasteiger partial charge in [-0.05, 0) is 36.6 Å². The summed E-state index contributed by atoms with van der Waals surface area (Å²) in [5.74, 6) is 0.701. The normalized spacial score (nSPS) is 15.0. The highest BCUT2D eigenvalue weighted by Gasteiger charge is 2.30. The quantitative estimate of drug-likeness (QED) is 0.948. The van der Waals surface area contributed by atoms with Crippen LogP contribution in [0.15, 0.2) is 22.7 Å². The van der Waals surface area contributed by atoms with Crippen LogP contribution in [0.3, 0.4) is 0 Å². The zero-order valence-electron chi connectivity index (χ0n) is 9.61. The molecule has 0 amide bonds. The van der Waals surface area contributed by atoms with E-state index in [1.165, 1.54) is 12.1 Å². The van der Waals surface area contributed by atoms with Gasteiger partial charge in [0.15, 0.2) is 5.82 Å². The van der Waals surface area contributed by atoms with Crippen LogP contribution >= 0.6 is 15.9 Å². The largest absolute Gasteiger partial charge is 0.381 e. The van der Waals surface area contributed by atoms with Gasteiger partial charge in [-0.3, -0.25) is 0 Å². The summed E-state index contributed by atoms with van der Waals surface area (Å²) >= 11 is 3.41. The summed E-state index contributed by atoms with van der Waals surface area (Å²) in [6.45, 7) is 0.481. The van der Waals surface area contributed by atoms with E-state index in [1.807, 2.05) is 0 Å². The molecule has 2 N–H and O–H groups in total. The summed E-state index contributed by atoms with van der Waals surface area (Å²) in [7, 11) is 0. The van der Waals surface area contributed by atoms with E-state index in [0.717, 1.165) is 28.6 Å². The Kier molecular flexibility index (Phi) is 2.81. The Morgan fingerprint density at radius 2 is 2.22 bits per heavy atom. The third-order valence-electron chi connectivity index (χ3n) is 3.09. The van der Waals surface area contributed by atoms with E-state index in [9.17, 15) is 4.39 Å². The van der Waals surface area contributed by atoms with Crippen LogP contribution in [-0.2, 0) is 6.54 Å². The average Bonchev–Trinajstić information content (AvgIpc) is 3.10. The molecule has 0 unspecified atom stereocenters. The molecule has 0 bridgehead atoms. The number of nitrogens with two attached hydrogens (primary N) is 1. The zero-order valence-corrected chi connectivity index (χ0v) is 11.2. The predicted molar refractivity (Wildman–Crippen MR) is 69.6 cm³/mol. The number of halogens is 2. The van der Waals surface area contributed by atoms with E-state index in [-0.39, 0.29) is 5.82 Å². The Morgan fingerprint density at radius 1 is 1.44 bits per heavy atom. The molecule has 0 spiro atoms. The number of benzene rings is 1. The van der Waals surface area contributed by atoms with E-state index in [2.05, 4.69) is 26.2 Å². The standard InChI is InChI=1S/C12H12BrFN4/c13-10-4-3-9(14)5-8(10)6-18-11(7-1-2-7)12(15)16-17-18/h3-5,7H,1-2,6,15H2. The number of rotatable bonds is 3. The number of nitrogens with zero attached hydrogens (tertiary/aromatic N) is 3. The molecular formula is C12H12BrFN4. The van der Waals surface area contributed by atoms with Gasteiger partial charge in [0.05, 0.1) is 12.2 Å². The van der Waals surface area contributed by atoms with Crippen LogP contribution in [0.25, 0.3) is 0 Å². The molecule has 3 rings (SSSR count). The molecule has 0 radical (unpaired) electrons. The van der Waals surface area contributed by atoms with Gasteiger partial charge in [-0.2, -0.15) is 0 Å². The van der Waals surface area contributed by atoms with Crippen LogP contribution in [0, 0.1) is 5.82 Å². The molecule has 18 heavy (non-hydrogen) atoms. The fourth-order valence-corrected chi connectivity index (χ4v) is 2.43. The lowest BCUT2D eigenvalue weighted by atomic mass is 10.2. The lowest BCUT2D eigenvalue weighted by molar-refractivity contribution is 0.601. The first-order valence-electron chi connectivity index (χ1n) is 5.78. The molecule has 1 aromatic carbocycles. The lowest BCUT2D eigenvalue weighted by Gasteiger charge is -2.08. The van der Waals surface area contributed by atoms with Crippen molar-refractivity contribution >= 4 is 21.7 Å². The highest BCUT2D eigenvalue weighted by Crippen LogP contribution is 2.42. The summed E-state index contributed by atoms with van der Waals surface area (Å²) in [6.07, 6.45) is 2.25. The average molecular weight is 311 g/mol. The fraction of sp³-hybridized carbons (Fsp3) is 0.333. The maximum absolute atomic E-state index is 13.2. The van der Waals surface area contributed by atoms with E-state index in [4.69, 9.17) is 5.73 Å². The SMILES string of the molecule is Nc1nnn(Cc2cc(F)ccc2Br)c1C1CC1. The number of anilines is 1. The highest BCUT2D eigenvalue weighted by atomic mass is 79.9.